The van der Waals surface area contributed by atoms with Crippen molar-refractivity contribution in [3.63, 3.8) is 0 Å². The molecule has 0 saturated heterocycles. The fourth-order valence-corrected chi connectivity index (χ4v) is 2.43. The van der Waals surface area contributed by atoms with Crippen molar-refractivity contribution in [2.45, 2.75) is 32.8 Å². The van der Waals surface area contributed by atoms with Crippen molar-refractivity contribution < 1.29 is 29.0 Å². The van der Waals surface area contributed by atoms with Gasteiger partial charge in [-0.15, -0.1) is 0 Å². The normalized spacial score (nSPS) is 10.7. The van der Waals surface area contributed by atoms with Crippen molar-refractivity contribution in [3.8, 4) is 0 Å². The van der Waals surface area contributed by atoms with Crippen LogP contribution in [0, 0.1) is 0 Å². The zero-order valence-corrected chi connectivity index (χ0v) is 15.1. The molecule has 0 fully saturated rings. The van der Waals surface area contributed by atoms with E-state index in [-0.39, 0.29) is 35.3 Å². The number of aromatic carboxylic acids is 1. The van der Waals surface area contributed by atoms with E-state index in [9.17, 15) is 19.5 Å². The summed E-state index contributed by atoms with van der Waals surface area (Å²) in [4.78, 5) is 38.3. The third-order valence-electron chi connectivity index (χ3n) is 2.46. The minimum atomic E-state index is -1.17. The van der Waals surface area contributed by atoms with E-state index in [4.69, 9.17) is 9.47 Å². The van der Waals surface area contributed by atoms with Crippen molar-refractivity contribution in [1.29, 1.82) is 0 Å². The van der Waals surface area contributed by atoms with E-state index >= 15 is 0 Å². The molecule has 2 amide bonds. The van der Waals surface area contributed by atoms with E-state index in [1.54, 1.807) is 20.8 Å². The molecule has 1 aromatic heterocycles. The molecule has 0 aliphatic carbocycles. The number of thiazole rings is 1. The van der Waals surface area contributed by atoms with Crippen LogP contribution in [-0.4, -0.2) is 47.0 Å². The molecule has 0 aliphatic rings. The molecule has 0 atom stereocenters. The zero-order valence-electron chi connectivity index (χ0n) is 14.2. The third kappa shape index (κ3) is 7.66. The predicted molar refractivity (Wildman–Crippen MR) is 92.2 cm³/mol. The number of hydrogen-bond acceptors (Lipinski definition) is 7. The highest BCUT2D eigenvalue weighted by Crippen LogP contribution is 2.23. The van der Waals surface area contributed by atoms with Crippen molar-refractivity contribution in [2.24, 2.45) is 0 Å². The van der Waals surface area contributed by atoms with E-state index in [1.165, 1.54) is 6.08 Å². The Labute approximate surface area is 149 Å². The number of nitrogens with one attached hydrogen (secondary N) is 2. The van der Waals surface area contributed by atoms with Crippen LogP contribution in [-0.2, 0) is 15.9 Å². The minimum absolute atomic E-state index is 0.0231. The average molecular weight is 371 g/mol. The van der Waals surface area contributed by atoms with Crippen LogP contribution in [0.25, 0.3) is 0 Å². The molecule has 1 heterocycles. The number of anilines is 1. The van der Waals surface area contributed by atoms with Crippen LogP contribution in [0.3, 0.4) is 0 Å². The largest absolute Gasteiger partial charge is 0.477 e. The molecule has 138 valence electrons. The number of carbonyl (C=O) groups excluding carboxylic acids is 2. The number of hydrogen-bond donors (Lipinski definition) is 3. The van der Waals surface area contributed by atoms with Gasteiger partial charge in [0, 0.05) is 13.0 Å². The van der Waals surface area contributed by atoms with Gasteiger partial charge in [-0.3, -0.25) is 5.32 Å². The highest BCUT2D eigenvalue weighted by Gasteiger charge is 2.20. The summed E-state index contributed by atoms with van der Waals surface area (Å²) in [5.41, 5.74) is -0.382. The Hall–Kier alpha value is -2.62. The summed E-state index contributed by atoms with van der Waals surface area (Å²) in [5.74, 6) is -1.17. The first-order chi connectivity index (χ1) is 11.6. The quantitative estimate of drug-likeness (QED) is 0.629. The van der Waals surface area contributed by atoms with Crippen LogP contribution in [0.2, 0.25) is 0 Å². The second-order valence-corrected chi connectivity index (χ2v) is 6.79. The van der Waals surface area contributed by atoms with Crippen molar-refractivity contribution in [2.75, 3.05) is 18.5 Å². The van der Waals surface area contributed by atoms with Gasteiger partial charge in [0.1, 0.15) is 17.1 Å². The minimum Gasteiger partial charge on any atom is -0.477 e. The molecule has 10 heteroatoms. The summed E-state index contributed by atoms with van der Waals surface area (Å²) < 4.78 is 9.82. The standard InChI is InChI=1S/C15H21N3O6S/c1-5-8-23-14(22)18-12-17-9(10(25-12)11(19)20)6-7-16-13(21)24-15(2,3)4/h5H,1,6-8H2,2-4H3,(H,16,21)(H,19,20)(H,17,18,22). The number of alkyl carbamates (subject to hydrolysis) is 1. The van der Waals surface area contributed by atoms with E-state index in [1.807, 2.05) is 0 Å². The highest BCUT2D eigenvalue weighted by molar-refractivity contribution is 7.17. The maximum absolute atomic E-state index is 11.6. The zero-order chi connectivity index (χ0) is 19.0. The van der Waals surface area contributed by atoms with Crippen LogP contribution in [0.15, 0.2) is 12.7 Å². The summed E-state index contributed by atoms with van der Waals surface area (Å²) in [5, 5.41) is 14.2. The Morgan fingerprint density at radius 2 is 2.00 bits per heavy atom. The van der Waals surface area contributed by atoms with Gasteiger partial charge in [0.25, 0.3) is 0 Å². The van der Waals surface area contributed by atoms with Gasteiger partial charge in [0.15, 0.2) is 5.13 Å². The van der Waals surface area contributed by atoms with Gasteiger partial charge in [-0.1, -0.05) is 24.0 Å². The van der Waals surface area contributed by atoms with Crippen LogP contribution >= 0.6 is 11.3 Å². The topological polar surface area (TPSA) is 127 Å². The van der Waals surface area contributed by atoms with Gasteiger partial charge in [-0.2, -0.15) is 0 Å². The van der Waals surface area contributed by atoms with Crippen LogP contribution in [0.5, 0.6) is 0 Å². The second-order valence-electron chi connectivity index (χ2n) is 5.79. The number of rotatable bonds is 7. The molecule has 0 aromatic carbocycles. The lowest BCUT2D eigenvalue weighted by Crippen LogP contribution is -2.33. The SMILES string of the molecule is C=CCOC(=O)Nc1nc(CCNC(=O)OC(C)(C)C)c(C(=O)O)s1. The Bertz CT molecular complexity index is 650. The van der Waals surface area contributed by atoms with E-state index in [2.05, 4.69) is 22.2 Å². The lowest BCUT2D eigenvalue weighted by Gasteiger charge is -2.19. The maximum Gasteiger partial charge on any atom is 0.413 e. The number of carboxylic acids is 1. The fraction of sp³-hybridized carbons (Fsp3) is 0.467. The molecule has 3 N–H and O–H groups in total. The molecule has 9 nitrogen and oxygen atoms in total. The third-order valence-corrected chi connectivity index (χ3v) is 3.46. The molecule has 0 aliphatic heterocycles. The number of carbonyl (C=O) groups is 3. The molecular weight excluding hydrogens is 350 g/mol. The highest BCUT2D eigenvalue weighted by atomic mass is 32.1. The number of carboxylic acid groups (broad SMARTS) is 1. The van der Waals surface area contributed by atoms with Crippen molar-refractivity contribution in [1.82, 2.24) is 10.3 Å². The number of ether oxygens (including phenoxy) is 2. The summed E-state index contributed by atoms with van der Waals surface area (Å²) in [6.45, 7) is 8.78. The summed E-state index contributed by atoms with van der Waals surface area (Å²) in [6, 6.07) is 0. The number of amides is 2. The lowest BCUT2D eigenvalue weighted by atomic mass is 10.2. The van der Waals surface area contributed by atoms with E-state index in [0.29, 0.717) is 0 Å². The van der Waals surface area contributed by atoms with Crippen molar-refractivity contribution >= 4 is 34.6 Å². The molecule has 0 unspecified atom stereocenters. The molecule has 1 rings (SSSR count). The summed E-state index contributed by atoms with van der Waals surface area (Å²) >= 11 is 0.806. The van der Waals surface area contributed by atoms with Crippen LogP contribution < -0.4 is 10.6 Å². The second kappa shape index (κ2) is 9.02. The Morgan fingerprint density at radius 1 is 1.32 bits per heavy atom. The predicted octanol–water partition coefficient (Wildman–Crippen LogP) is 2.64. The molecule has 0 bridgehead atoms. The average Bonchev–Trinajstić information content (AvgIpc) is 2.86. The monoisotopic (exact) mass is 371 g/mol. The molecule has 25 heavy (non-hydrogen) atoms. The smallest absolute Gasteiger partial charge is 0.413 e. The fourth-order valence-electron chi connectivity index (χ4n) is 1.60. The van der Waals surface area contributed by atoms with Crippen LogP contribution in [0.1, 0.15) is 36.1 Å². The van der Waals surface area contributed by atoms with Crippen molar-refractivity contribution in [3.05, 3.63) is 23.2 Å². The number of nitrogens with zero attached hydrogens (tertiary/aromatic N) is 1. The van der Waals surface area contributed by atoms with E-state index < -0.39 is 23.8 Å². The Morgan fingerprint density at radius 3 is 2.56 bits per heavy atom. The molecular formula is C15H21N3O6S. The van der Waals surface area contributed by atoms with Gasteiger partial charge in [0.2, 0.25) is 0 Å². The van der Waals surface area contributed by atoms with Gasteiger partial charge in [0.05, 0.1) is 5.69 Å². The maximum atomic E-state index is 11.6. The first-order valence-corrected chi connectivity index (χ1v) is 8.18. The molecule has 1 aromatic rings. The van der Waals surface area contributed by atoms with Gasteiger partial charge < -0.3 is 19.9 Å². The van der Waals surface area contributed by atoms with Gasteiger partial charge >= 0.3 is 18.2 Å². The summed E-state index contributed by atoms with van der Waals surface area (Å²) in [6.07, 6.45) is 0.202. The molecule has 0 saturated carbocycles. The van der Waals surface area contributed by atoms with Gasteiger partial charge in [-0.25, -0.2) is 19.4 Å². The molecule has 0 radical (unpaired) electrons. The van der Waals surface area contributed by atoms with Crippen LogP contribution in [0.4, 0.5) is 14.7 Å². The lowest BCUT2D eigenvalue weighted by molar-refractivity contribution is 0.0528. The Balaban J connectivity index is 2.66. The summed E-state index contributed by atoms with van der Waals surface area (Å²) in [7, 11) is 0. The van der Waals surface area contributed by atoms with Gasteiger partial charge in [-0.05, 0) is 20.8 Å². The Kier molecular flexibility index (Phi) is 7.37. The number of aromatic nitrogens is 1. The first-order valence-electron chi connectivity index (χ1n) is 7.37. The van der Waals surface area contributed by atoms with E-state index in [0.717, 1.165) is 11.3 Å². The first kappa shape index (κ1) is 20.4. The molecule has 0 spiro atoms.